The summed E-state index contributed by atoms with van der Waals surface area (Å²) in [5, 5.41) is 23.2. The minimum absolute atomic E-state index is 0.103. The minimum Gasteiger partial charge on any atom is -0.493 e. The van der Waals surface area contributed by atoms with E-state index in [1.54, 1.807) is 0 Å². The summed E-state index contributed by atoms with van der Waals surface area (Å²) in [4.78, 5) is 0. The van der Waals surface area contributed by atoms with Gasteiger partial charge in [-0.3, -0.25) is 0 Å². The quantitative estimate of drug-likeness (QED) is 0.492. The van der Waals surface area contributed by atoms with E-state index in [0.29, 0.717) is 13.2 Å². The number of hydrogen-bond donors (Lipinski definition) is 3. The maximum Gasteiger partial charge on any atom is 0.121 e. The molecule has 0 aliphatic heterocycles. The molecule has 1 aromatic heterocycles. The van der Waals surface area contributed by atoms with E-state index in [9.17, 15) is 10.2 Å². The molecule has 0 aliphatic rings. The minimum atomic E-state index is -0.661. The molecule has 5 nitrogen and oxygen atoms in total. The number of ether oxygens (including phenoxy) is 1. The van der Waals surface area contributed by atoms with Crippen LogP contribution < -0.4 is 10.1 Å². The first-order valence-corrected chi connectivity index (χ1v) is 10.2. The van der Waals surface area contributed by atoms with Crippen LogP contribution in [0, 0.1) is 13.8 Å². The van der Waals surface area contributed by atoms with E-state index in [1.807, 2.05) is 13.0 Å². The summed E-state index contributed by atoms with van der Waals surface area (Å²) < 4.78 is 8.17. The Labute approximate surface area is 172 Å². The first-order chi connectivity index (χ1) is 13.9. The molecule has 0 radical (unpaired) electrons. The van der Waals surface area contributed by atoms with Crippen molar-refractivity contribution in [2.75, 3.05) is 26.4 Å². The highest BCUT2D eigenvalue weighted by Crippen LogP contribution is 2.22. The third-order valence-corrected chi connectivity index (χ3v) is 5.58. The Morgan fingerprint density at radius 3 is 2.52 bits per heavy atom. The van der Waals surface area contributed by atoms with Crippen molar-refractivity contribution in [3.05, 3.63) is 65.4 Å². The topological polar surface area (TPSA) is 66.7 Å². The van der Waals surface area contributed by atoms with Gasteiger partial charge in [0.2, 0.25) is 0 Å². The van der Waals surface area contributed by atoms with Gasteiger partial charge in [-0.1, -0.05) is 18.2 Å². The fourth-order valence-corrected chi connectivity index (χ4v) is 3.33. The third-order valence-electron chi connectivity index (χ3n) is 5.58. The molecule has 0 unspecified atom stereocenters. The zero-order valence-electron chi connectivity index (χ0n) is 17.6. The number of benzene rings is 2. The molecule has 0 bridgehead atoms. The van der Waals surface area contributed by atoms with Gasteiger partial charge in [0.25, 0.3) is 0 Å². The van der Waals surface area contributed by atoms with Gasteiger partial charge in [-0.15, -0.1) is 0 Å². The lowest BCUT2D eigenvalue weighted by molar-refractivity contribution is 0.104. The van der Waals surface area contributed by atoms with Gasteiger partial charge >= 0.3 is 0 Å². The largest absolute Gasteiger partial charge is 0.493 e. The van der Waals surface area contributed by atoms with E-state index in [1.165, 1.54) is 22.1 Å². The zero-order valence-corrected chi connectivity index (χ0v) is 17.6. The molecule has 3 rings (SSSR count). The molecule has 2 aromatic carbocycles. The van der Waals surface area contributed by atoms with Crippen molar-refractivity contribution in [2.24, 2.45) is 0 Å². The van der Waals surface area contributed by atoms with Crippen molar-refractivity contribution in [1.82, 2.24) is 9.88 Å². The van der Waals surface area contributed by atoms with E-state index < -0.39 is 5.54 Å². The lowest BCUT2D eigenvalue weighted by Gasteiger charge is -2.26. The van der Waals surface area contributed by atoms with E-state index in [4.69, 9.17) is 4.74 Å². The van der Waals surface area contributed by atoms with Gasteiger partial charge in [-0.25, -0.2) is 0 Å². The summed E-state index contributed by atoms with van der Waals surface area (Å²) in [6.45, 7) is 7.90. The lowest BCUT2D eigenvalue weighted by atomic mass is 10.0. The standard InChI is InChI=1S/C24H32N2O3/c1-18-4-5-20(14-19(18)2)9-13-29-22-7-6-21-8-11-26(23(21)15-22)12-10-25-24(3,16-27)17-28/h4-8,11,14-15,25,27-28H,9-10,12-13,16-17H2,1-3H3. The molecule has 0 saturated carbocycles. The number of aryl methyl sites for hydroxylation is 2. The predicted molar refractivity (Wildman–Crippen MR) is 118 cm³/mol. The van der Waals surface area contributed by atoms with Gasteiger partial charge in [0.15, 0.2) is 0 Å². The van der Waals surface area contributed by atoms with Crippen molar-refractivity contribution in [1.29, 1.82) is 0 Å². The Balaban J connectivity index is 1.60. The first kappa shape index (κ1) is 21.4. The van der Waals surface area contributed by atoms with Crippen LogP contribution in [0.15, 0.2) is 48.7 Å². The number of nitrogens with zero attached hydrogens (tertiary/aromatic N) is 1. The average Bonchev–Trinajstić information content (AvgIpc) is 3.13. The van der Waals surface area contributed by atoms with Crippen LogP contribution in [-0.4, -0.2) is 46.7 Å². The molecule has 0 aliphatic carbocycles. The molecular weight excluding hydrogens is 364 g/mol. The van der Waals surface area contributed by atoms with Gasteiger partial charge < -0.3 is 24.8 Å². The SMILES string of the molecule is Cc1ccc(CCOc2ccc3ccn(CCNC(C)(CO)CO)c3c2)cc1C. The molecular formula is C24H32N2O3. The second kappa shape index (κ2) is 9.44. The molecule has 0 saturated heterocycles. The normalized spacial score (nSPS) is 11.9. The molecule has 3 N–H and O–H groups in total. The third kappa shape index (κ3) is 5.38. The predicted octanol–water partition coefficient (Wildman–Crippen LogP) is 3.21. The van der Waals surface area contributed by atoms with Crippen LogP contribution in [0.5, 0.6) is 5.75 Å². The van der Waals surface area contributed by atoms with Crippen molar-refractivity contribution < 1.29 is 14.9 Å². The van der Waals surface area contributed by atoms with E-state index in [2.05, 4.69) is 66.3 Å². The fourth-order valence-electron chi connectivity index (χ4n) is 3.33. The summed E-state index contributed by atoms with van der Waals surface area (Å²) in [7, 11) is 0. The molecule has 5 heteroatoms. The summed E-state index contributed by atoms with van der Waals surface area (Å²) in [6.07, 6.45) is 2.94. The van der Waals surface area contributed by atoms with Crippen molar-refractivity contribution in [3.63, 3.8) is 0 Å². The van der Waals surface area contributed by atoms with Crippen LogP contribution >= 0.6 is 0 Å². The summed E-state index contributed by atoms with van der Waals surface area (Å²) >= 11 is 0. The Morgan fingerprint density at radius 2 is 1.79 bits per heavy atom. The lowest BCUT2D eigenvalue weighted by Crippen LogP contribution is -2.49. The first-order valence-electron chi connectivity index (χ1n) is 10.2. The number of aliphatic hydroxyl groups excluding tert-OH is 2. The van der Waals surface area contributed by atoms with Crippen LogP contribution in [0.1, 0.15) is 23.6 Å². The summed E-state index contributed by atoms with van der Waals surface area (Å²) in [5.74, 6) is 0.866. The van der Waals surface area contributed by atoms with Crippen LogP contribution in [0.2, 0.25) is 0 Å². The Bertz CT molecular complexity index is 944. The second-order valence-corrected chi connectivity index (χ2v) is 8.05. The number of aliphatic hydroxyl groups is 2. The van der Waals surface area contributed by atoms with Gasteiger partial charge in [0.05, 0.1) is 30.9 Å². The van der Waals surface area contributed by atoms with Crippen molar-refractivity contribution in [3.8, 4) is 5.75 Å². The second-order valence-electron chi connectivity index (χ2n) is 8.05. The van der Waals surface area contributed by atoms with Crippen LogP contribution in [0.4, 0.5) is 0 Å². The molecule has 29 heavy (non-hydrogen) atoms. The van der Waals surface area contributed by atoms with Gasteiger partial charge in [0.1, 0.15) is 5.75 Å². The Hall–Kier alpha value is -2.34. The highest BCUT2D eigenvalue weighted by atomic mass is 16.5. The number of fused-ring (bicyclic) bond motifs is 1. The molecule has 0 atom stereocenters. The fraction of sp³-hybridized carbons (Fsp3) is 0.417. The van der Waals surface area contributed by atoms with Gasteiger partial charge in [-0.05, 0) is 61.0 Å². The number of rotatable bonds is 10. The molecule has 0 fully saturated rings. The smallest absolute Gasteiger partial charge is 0.121 e. The average molecular weight is 397 g/mol. The Morgan fingerprint density at radius 1 is 1.00 bits per heavy atom. The molecule has 1 heterocycles. The van der Waals surface area contributed by atoms with Crippen molar-refractivity contribution >= 4 is 10.9 Å². The highest BCUT2D eigenvalue weighted by Gasteiger charge is 2.20. The monoisotopic (exact) mass is 396 g/mol. The number of aromatic nitrogens is 1. The molecule has 0 spiro atoms. The maximum absolute atomic E-state index is 9.40. The Kier molecular flexibility index (Phi) is 6.96. The number of hydrogen-bond acceptors (Lipinski definition) is 4. The highest BCUT2D eigenvalue weighted by molar-refractivity contribution is 5.81. The van der Waals surface area contributed by atoms with E-state index in [0.717, 1.165) is 24.2 Å². The number of nitrogens with one attached hydrogen (secondary N) is 1. The van der Waals surface area contributed by atoms with Crippen molar-refractivity contribution in [2.45, 2.75) is 39.3 Å². The van der Waals surface area contributed by atoms with Gasteiger partial charge in [0, 0.05) is 31.8 Å². The van der Waals surface area contributed by atoms with Crippen LogP contribution in [0.25, 0.3) is 10.9 Å². The maximum atomic E-state index is 9.40. The summed E-state index contributed by atoms with van der Waals surface area (Å²) in [5.41, 5.74) is 4.37. The molecule has 156 valence electrons. The van der Waals surface area contributed by atoms with Crippen LogP contribution in [-0.2, 0) is 13.0 Å². The molecule has 0 amide bonds. The summed E-state index contributed by atoms with van der Waals surface area (Å²) in [6, 6.07) is 14.8. The zero-order chi connectivity index (χ0) is 20.9. The van der Waals surface area contributed by atoms with E-state index >= 15 is 0 Å². The van der Waals surface area contributed by atoms with E-state index in [-0.39, 0.29) is 13.2 Å². The molecule has 3 aromatic rings. The van der Waals surface area contributed by atoms with Gasteiger partial charge in [-0.2, -0.15) is 0 Å². The van der Waals surface area contributed by atoms with Crippen LogP contribution in [0.3, 0.4) is 0 Å².